The zero-order valence-corrected chi connectivity index (χ0v) is 11.2. The predicted octanol–water partition coefficient (Wildman–Crippen LogP) is 2.08. The normalized spacial score (nSPS) is 11.9. The molecule has 0 N–H and O–H groups in total. The van der Waals surface area contributed by atoms with Crippen LogP contribution in [-0.2, 0) is 13.7 Å². The van der Waals surface area contributed by atoms with Crippen LogP contribution in [-0.4, -0.2) is 42.0 Å². The molecule has 0 bridgehead atoms. The number of rotatable bonds is 6. The van der Waals surface area contributed by atoms with Gasteiger partial charge in [-0.15, -0.1) is 11.6 Å². The molecule has 15 heavy (non-hydrogen) atoms. The largest absolute Gasteiger partial charge is 0.458 e. The Kier molecular flexibility index (Phi) is 7.34. The molecule has 0 aromatic rings. The lowest BCUT2D eigenvalue weighted by Gasteiger charge is -2.19. The van der Waals surface area contributed by atoms with Gasteiger partial charge in [-0.1, -0.05) is 0 Å². The van der Waals surface area contributed by atoms with Crippen LogP contribution in [0, 0.1) is 0 Å². The zero-order chi connectivity index (χ0) is 11.9. The molecule has 0 saturated heterocycles. The van der Waals surface area contributed by atoms with Crippen molar-refractivity contribution >= 4 is 29.8 Å². The van der Waals surface area contributed by atoms with E-state index in [-0.39, 0.29) is 12.6 Å². The van der Waals surface area contributed by atoms with E-state index in [1.54, 1.807) is 4.31 Å². The van der Waals surface area contributed by atoms with Gasteiger partial charge in [-0.2, -0.15) is 0 Å². The number of nitrogens with zero attached hydrogens (tertiary/aromatic N) is 1. The van der Waals surface area contributed by atoms with E-state index in [4.69, 9.17) is 20.5 Å². The van der Waals surface area contributed by atoms with Gasteiger partial charge in [-0.25, -0.2) is 9.10 Å². The molecule has 0 saturated carbocycles. The summed E-state index contributed by atoms with van der Waals surface area (Å²) in [5.41, 5.74) is -0.465. The Balaban J connectivity index is 3.55. The Morgan fingerprint density at radius 2 is 2.07 bits per heavy atom. The van der Waals surface area contributed by atoms with E-state index in [0.717, 1.165) is 12.2 Å². The van der Waals surface area contributed by atoms with Crippen molar-refractivity contribution in [1.29, 1.82) is 0 Å². The summed E-state index contributed by atoms with van der Waals surface area (Å²) in [4.78, 5) is 11.2. The number of esters is 1. The first-order valence-corrected chi connectivity index (χ1v) is 5.87. The minimum atomic E-state index is -0.465. The number of halogens is 1. The Morgan fingerprint density at radius 3 is 2.53 bits per heavy atom. The van der Waals surface area contributed by atoms with Gasteiger partial charge in [-0.3, -0.25) is 4.18 Å². The standard InChI is InChI=1S/C9H18ClNO3S/c1-9(2,3)14-8(12)7-13-15-11(4)6-5-10/h5-7H2,1-4H3. The van der Waals surface area contributed by atoms with E-state index >= 15 is 0 Å². The Bertz CT molecular complexity index is 196. The smallest absolute Gasteiger partial charge is 0.334 e. The molecular formula is C9H18ClNO3S. The highest BCUT2D eigenvalue weighted by Gasteiger charge is 2.16. The van der Waals surface area contributed by atoms with Gasteiger partial charge in [0, 0.05) is 12.4 Å². The topological polar surface area (TPSA) is 38.8 Å². The molecule has 0 spiro atoms. The summed E-state index contributed by atoms with van der Waals surface area (Å²) >= 11 is 6.63. The van der Waals surface area contributed by atoms with Crippen molar-refractivity contribution in [2.24, 2.45) is 0 Å². The van der Waals surface area contributed by atoms with Crippen LogP contribution in [0.25, 0.3) is 0 Å². The first-order chi connectivity index (χ1) is 6.85. The summed E-state index contributed by atoms with van der Waals surface area (Å²) < 4.78 is 11.9. The molecule has 0 rings (SSSR count). The van der Waals surface area contributed by atoms with Gasteiger partial charge in [0.05, 0.1) is 12.2 Å². The number of hydrogen-bond donors (Lipinski definition) is 0. The van der Waals surface area contributed by atoms with Crippen molar-refractivity contribution in [3.05, 3.63) is 0 Å². The highest BCUT2D eigenvalue weighted by Crippen LogP contribution is 2.11. The van der Waals surface area contributed by atoms with Crippen LogP contribution in [0.3, 0.4) is 0 Å². The van der Waals surface area contributed by atoms with Crippen LogP contribution < -0.4 is 0 Å². The lowest BCUT2D eigenvalue weighted by molar-refractivity contribution is -0.156. The predicted molar refractivity (Wildman–Crippen MR) is 62.7 cm³/mol. The second kappa shape index (κ2) is 7.33. The van der Waals surface area contributed by atoms with Crippen molar-refractivity contribution in [3.8, 4) is 0 Å². The molecule has 6 heteroatoms. The molecule has 90 valence electrons. The minimum Gasteiger partial charge on any atom is -0.458 e. The molecule has 0 fully saturated rings. The Hall–Kier alpha value is 0.0300. The molecule has 0 atom stereocenters. The van der Waals surface area contributed by atoms with Gasteiger partial charge in [-0.05, 0) is 27.8 Å². The first kappa shape index (κ1) is 15.0. The van der Waals surface area contributed by atoms with Crippen molar-refractivity contribution in [2.75, 3.05) is 26.1 Å². The fraction of sp³-hybridized carbons (Fsp3) is 0.889. The van der Waals surface area contributed by atoms with Gasteiger partial charge >= 0.3 is 5.97 Å². The summed E-state index contributed by atoms with van der Waals surface area (Å²) in [6.07, 6.45) is 0. The van der Waals surface area contributed by atoms with E-state index in [1.165, 1.54) is 0 Å². The number of carbonyl (C=O) groups is 1. The van der Waals surface area contributed by atoms with Crippen molar-refractivity contribution in [1.82, 2.24) is 4.31 Å². The quantitative estimate of drug-likeness (QED) is 0.315. The SMILES string of the molecule is CN(CCCl)SOCC(=O)OC(C)(C)C. The van der Waals surface area contributed by atoms with Crippen LogP contribution in [0.5, 0.6) is 0 Å². The van der Waals surface area contributed by atoms with Crippen LogP contribution in [0.4, 0.5) is 0 Å². The monoisotopic (exact) mass is 255 g/mol. The molecule has 0 heterocycles. The third-order valence-corrected chi connectivity index (χ3v) is 2.01. The van der Waals surface area contributed by atoms with Crippen molar-refractivity contribution < 1.29 is 13.7 Å². The fourth-order valence-electron chi connectivity index (χ4n) is 0.692. The maximum absolute atomic E-state index is 11.2. The third-order valence-electron chi connectivity index (χ3n) is 1.18. The van der Waals surface area contributed by atoms with Crippen molar-refractivity contribution in [2.45, 2.75) is 26.4 Å². The Morgan fingerprint density at radius 1 is 1.47 bits per heavy atom. The van der Waals surface area contributed by atoms with Gasteiger partial charge in [0.25, 0.3) is 0 Å². The molecule has 0 amide bonds. The third kappa shape index (κ3) is 10.3. The highest BCUT2D eigenvalue weighted by molar-refractivity contribution is 7.92. The molecule has 0 aromatic heterocycles. The van der Waals surface area contributed by atoms with E-state index in [9.17, 15) is 4.79 Å². The van der Waals surface area contributed by atoms with Crippen molar-refractivity contribution in [3.63, 3.8) is 0 Å². The number of carbonyl (C=O) groups excluding carboxylic acids is 1. The summed E-state index contributed by atoms with van der Waals surface area (Å²) in [5.74, 6) is 0.161. The summed E-state index contributed by atoms with van der Waals surface area (Å²) in [7, 11) is 1.84. The zero-order valence-electron chi connectivity index (χ0n) is 9.58. The van der Waals surface area contributed by atoms with Gasteiger partial charge in [0.15, 0.2) is 6.61 Å². The number of ether oxygens (including phenoxy) is 1. The molecule has 0 aliphatic heterocycles. The summed E-state index contributed by atoms with van der Waals surface area (Å²) in [6, 6.07) is 0. The maximum atomic E-state index is 11.2. The Labute approximate surface area is 101 Å². The lowest BCUT2D eigenvalue weighted by atomic mass is 10.2. The van der Waals surface area contributed by atoms with Gasteiger partial charge < -0.3 is 4.74 Å². The average molecular weight is 256 g/mol. The fourth-order valence-corrected chi connectivity index (χ4v) is 1.54. The number of hydrogen-bond acceptors (Lipinski definition) is 5. The molecule has 0 unspecified atom stereocenters. The summed E-state index contributed by atoms with van der Waals surface area (Å²) in [5, 5.41) is 0. The second-order valence-electron chi connectivity index (χ2n) is 3.96. The van der Waals surface area contributed by atoms with Gasteiger partial charge in [0.2, 0.25) is 0 Å². The summed E-state index contributed by atoms with van der Waals surface area (Å²) in [6.45, 7) is 6.09. The van der Waals surface area contributed by atoms with Crippen LogP contribution in [0.1, 0.15) is 20.8 Å². The van der Waals surface area contributed by atoms with Crippen LogP contribution in [0.2, 0.25) is 0 Å². The van der Waals surface area contributed by atoms with E-state index in [2.05, 4.69) is 0 Å². The molecule has 0 aromatic carbocycles. The molecule has 0 radical (unpaired) electrons. The number of alkyl halides is 1. The highest BCUT2D eigenvalue weighted by atomic mass is 35.5. The first-order valence-electron chi connectivity index (χ1n) is 4.63. The van der Waals surface area contributed by atoms with E-state index in [1.807, 2.05) is 27.8 Å². The lowest BCUT2D eigenvalue weighted by Crippen LogP contribution is -2.26. The molecule has 0 aliphatic rings. The van der Waals surface area contributed by atoms with Crippen LogP contribution in [0.15, 0.2) is 0 Å². The van der Waals surface area contributed by atoms with Gasteiger partial charge in [0.1, 0.15) is 5.60 Å². The molecule has 4 nitrogen and oxygen atoms in total. The average Bonchev–Trinajstić information content (AvgIpc) is 2.00. The molecule has 0 aliphatic carbocycles. The van der Waals surface area contributed by atoms with Crippen LogP contribution >= 0.6 is 23.8 Å². The second-order valence-corrected chi connectivity index (χ2v) is 5.35. The van der Waals surface area contributed by atoms with E-state index < -0.39 is 5.60 Å². The minimum absolute atomic E-state index is 0.0610. The molecular weight excluding hydrogens is 238 g/mol. The van der Waals surface area contributed by atoms with E-state index in [0.29, 0.717) is 12.4 Å². The maximum Gasteiger partial charge on any atom is 0.334 e.